The van der Waals surface area contributed by atoms with E-state index in [1.807, 2.05) is 0 Å². The highest BCUT2D eigenvalue weighted by Crippen LogP contribution is 2.57. The molecule has 0 aliphatic heterocycles. The zero-order valence-electron chi connectivity index (χ0n) is 5.98. The van der Waals surface area contributed by atoms with Gasteiger partial charge in [0.15, 0.2) is 0 Å². The summed E-state index contributed by atoms with van der Waals surface area (Å²) in [6.07, 6.45) is 1.01. The van der Waals surface area contributed by atoms with Crippen molar-refractivity contribution in [2.24, 2.45) is 5.73 Å². The second-order valence-electron chi connectivity index (χ2n) is 2.98. The Hall–Kier alpha value is -0.420. The van der Waals surface area contributed by atoms with Gasteiger partial charge in [-0.15, -0.1) is 0 Å². The van der Waals surface area contributed by atoms with Gasteiger partial charge in [0.1, 0.15) is 17.6 Å². The molecule has 2 nitrogen and oxygen atoms in total. The summed E-state index contributed by atoms with van der Waals surface area (Å²) in [5, 5.41) is 0. The van der Waals surface area contributed by atoms with Crippen LogP contribution in [0.3, 0.4) is 0 Å². The minimum atomic E-state index is -2.82. The molecule has 1 fully saturated rings. The lowest BCUT2D eigenvalue weighted by atomic mass is 10.2. The number of alkyl halides is 2. The molecule has 12 heavy (non-hydrogen) atoms. The summed E-state index contributed by atoms with van der Waals surface area (Å²) in [6, 6.07) is 1.47. The van der Waals surface area contributed by atoms with Crippen molar-refractivity contribution in [3.8, 4) is 0 Å². The van der Waals surface area contributed by atoms with E-state index in [0.29, 0.717) is 4.47 Å². The summed E-state index contributed by atoms with van der Waals surface area (Å²) in [5.74, 6) is -2.68. The first kappa shape index (κ1) is 8.19. The molecule has 0 bridgehead atoms. The predicted molar refractivity (Wildman–Crippen MR) is 41.8 cm³/mol. The number of furan rings is 1. The first-order chi connectivity index (χ1) is 5.46. The SMILES string of the molecule is NC1(c2cc(Br)co2)CC1(F)F. The summed E-state index contributed by atoms with van der Waals surface area (Å²) in [6.45, 7) is 0. The van der Waals surface area contributed by atoms with E-state index in [0.717, 1.165) is 0 Å². The second kappa shape index (κ2) is 2.09. The van der Waals surface area contributed by atoms with Crippen LogP contribution in [0.25, 0.3) is 0 Å². The van der Waals surface area contributed by atoms with Gasteiger partial charge in [-0.1, -0.05) is 0 Å². The highest BCUT2D eigenvalue weighted by molar-refractivity contribution is 9.10. The van der Waals surface area contributed by atoms with Crippen LogP contribution in [0.15, 0.2) is 21.2 Å². The van der Waals surface area contributed by atoms with Crippen LogP contribution in [-0.2, 0) is 5.54 Å². The molecule has 0 aromatic carbocycles. The molecular formula is C7H6BrF2NO. The molecule has 66 valence electrons. The summed E-state index contributed by atoms with van der Waals surface area (Å²) in [7, 11) is 0. The van der Waals surface area contributed by atoms with Crippen LogP contribution in [0.4, 0.5) is 8.78 Å². The van der Waals surface area contributed by atoms with Gasteiger partial charge >= 0.3 is 0 Å². The van der Waals surface area contributed by atoms with Gasteiger partial charge in [0.25, 0.3) is 5.92 Å². The Morgan fingerprint density at radius 1 is 1.58 bits per heavy atom. The smallest absolute Gasteiger partial charge is 0.275 e. The van der Waals surface area contributed by atoms with Crippen LogP contribution in [-0.4, -0.2) is 5.92 Å². The van der Waals surface area contributed by atoms with E-state index in [4.69, 9.17) is 10.2 Å². The number of hydrogen-bond acceptors (Lipinski definition) is 2. The van der Waals surface area contributed by atoms with Gasteiger partial charge in [-0.05, 0) is 22.0 Å². The van der Waals surface area contributed by atoms with Crippen LogP contribution in [0.2, 0.25) is 0 Å². The van der Waals surface area contributed by atoms with Gasteiger partial charge < -0.3 is 10.2 Å². The molecule has 2 N–H and O–H groups in total. The zero-order chi connectivity index (χ0) is 8.98. The number of nitrogens with two attached hydrogens (primary N) is 1. The summed E-state index contributed by atoms with van der Waals surface area (Å²) in [5.41, 5.74) is 3.82. The highest BCUT2D eigenvalue weighted by atomic mass is 79.9. The van der Waals surface area contributed by atoms with E-state index in [1.165, 1.54) is 12.3 Å². The maximum atomic E-state index is 12.7. The Bertz CT molecular complexity index is 325. The van der Waals surface area contributed by atoms with Crippen LogP contribution in [0.5, 0.6) is 0 Å². The molecule has 0 spiro atoms. The van der Waals surface area contributed by atoms with Gasteiger partial charge in [-0.3, -0.25) is 0 Å². The van der Waals surface area contributed by atoms with Gasteiger partial charge in [-0.25, -0.2) is 8.78 Å². The third-order valence-corrected chi connectivity index (χ3v) is 2.45. The molecule has 1 aromatic heterocycles. The van der Waals surface area contributed by atoms with Crippen molar-refractivity contribution < 1.29 is 13.2 Å². The molecule has 1 aliphatic rings. The number of rotatable bonds is 1. The van der Waals surface area contributed by atoms with Crippen molar-refractivity contribution in [2.75, 3.05) is 0 Å². The van der Waals surface area contributed by atoms with E-state index in [-0.39, 0.29) is 12.2 Å². The van der Waals surface area contributed by atoms with Crippen molar-refractivity contribution in [2.45, 2.75) is 17.9 Å². The van der Waals surface area contributed by atoms with Crippen LogP contribution in [0, 0.1) is 0 Å². The predicted octanol–water partition coefficient (Wildman–Crippen LogP) is 2.24. The van der Waals surface area contributed by atoms with Crippen molar-refractivity contribution in [3.63, 3.8) is 0 Å². The van der Waals surface area contributed by atoms with Gasteiger partial charge in [0, 0.05) is 6.42 Å². The third kappa shape index (κ3) is 0.927. The quantitative estimate of drug-likeness (QED) is 0.814. The Kier molecular flexibility index (Phi) is 1.42. The molecule has 5 heteroatoms. The first-order valence-electron chi connectivity index (χ1n) is 3.37. The largest absolute Gasteiger partial charge is 0.466 e. The van der Waals surface area contributed by atoms with Crippen molar-refractivity contribution in [3.05, 3.63) is 22.6 Å². The lowest BCUT2D eigenvalue weighted by Gasteiger charge is -2.04. The molecular weight excluding hydrogens is 232 g/mol. The monoisotopic (exact) mass is 237 g/mol. The van der Waals surface area contributed by atoms with Gasteiger partial charge in [0.2, 0.25) is 0 Å². The van der Waals surface area contributed by atoms with E-state index in [9.17, 15) is 8.78 Å². The Labute approximate surface area is 75.9 Å². The third-order valence-electron chi connectivity index (χ3n) is 2.04. The molecule has 2 rings (SSSR count). The lowest BCUT2D eigenvalue weighted by molar-refractivity contribution is 0.0834. The van der Waals surface area contributed by atoms with E-state index >= 15 is 0 Å². The highest BCUT2D eigenvalue weighted by Gasteiger charge is 2.72. The molecule has 1 unspecified atom stereocenters. The topological polar surface area (TPSA) is 39.2 Å². The van der Waals surface area contributed by atoms with Crippen LogP contribution >= 0.6 is 15.9 Å². The fraction of sp³-hybridized carbons (Fsp3) is 0.429. The van der Waals surface area contributed by atoms with Crippen molar-refractivity contribution in [1.82, 2.24) is 0 Å². The fourth-order valence-electron chi connectivity index (χ4n) is 1.12. The number of halogens is 3. The fourth-order valence-corrected chi connectivity index (χ4v) is 1.42. The average molecular weight is 238 g/mol. The standard InChI is InChI=1S/C7H6BrF2NO/c8-4-1-5(12-2-4)6(11)3-7(6,9)10/h1-2H,3,11H2. The summed E-state index contributed by atoms with van der Waals surface area (Å²) < 4.78 is 30.9. The lowest BCUT2D eigenvalue weighted by Crippen LogP contribution is -2.26. The van der Waals surface area contributed by atoms with Crippen molar-refractivity contribution >= 4 is 15.9 Å². The Morgan fingerprint density at radius 3 is 2.50 bits per heavy atom. The summed E-state index contributed by atoms with van der Waals surface area (Å²) in [4.78, 5) is 0. The molecule has 1 atom stereocenters. The maximum Gasteiger partial charge on any atom is 0.275 e. The van der Waals surface area contributed by atoms with Crippen LogP contribution in [0.1, 0.15) is 12.2 Å². The Morgan fingerprint density at radius 2 is 2.17 bits per heavy atom. The van der Waals surface area contributed by atoms with Gasteiger partial charge in [-0.2, -0.15) is 0 Å². The first-order valence-corrected chi connectivity index (χ1v) is 4.16. The minimum absolute atomic E-state index is 0.138. The van der Waals surface area contributed by atoms with Gasteiger partial charge in [0.05, 0.1) is 4.47 Å². The maximum absolute atomic E-state index is 12.7. The van der Waals surface area contributed by atoms with Crippen molar-refractivity contribution in [1.29, 1.82) is 0 Å². The molecule has 0 saturated heterocycles. The van der Waals surface area contributed by atoms with E-state index in [2.05, 4.69) is 15.9 Å². The van der Waals surface area contributed by atoms with E-state index < -0.39 is 11.5 Å². The molecule has 0 radical (unpaired) electrons. The normalized spacial score (nSPS) is 32.0. The molecule has 1 heterocycles. The van der Waals surface area contributed by atoms with E-state index in [1.54, 1.807) is 0 Å². The minimum Gasteiger partial charge on any atom is -0.466 e. The second-order valence-corrected chi connectivity index (χ2v) is 3.90. The number of hydrogen-bond donors (Lipinski definition) is 1. The van der Waals surface area contributed by atoms with Crippen LogP contribution < -0.4 is 5.73 Å². The molecule has 1 saturated carbocycles. The Balaban J connectivity index is 2.34. The zero-order valence-corrected chi connectivity index (χ0v) is 7.57. The summed E-state index contributed by atoms with van der Waals surface area (Å²) >= 11 is 3.10. The molecule has 0 amide bonds. The average Bonchev–Trinajstić information content (AvgIpc) is 2.37. The molecule has 1 aliphatic carbocycles. The molecule has 1 aromatic rings.